The fraction of sp³-hybridized carbons (Fsp3) is 0.154. The Morgan fingerprint density at radius 2 is 1.89 bits per heavy atom. The van der Waals surface area contributed by atoms with Gasteiger partial charge in [0.2, 0.25) is 5.88 Å². The number of benzene rings is 1. The van der Waals surface area contributed by atoms with Gasteiger partial charge >= 0.3 is 6.18 Å². The van der Waals surface area contributed by atoms with Crippen LogP contribution < -0.4 is 4.74 Å². The molecular formula is C13H9ClF3NO. The van der Waals surface area contributed by atoms with E-state index in [0.29, 0.717) is 10.7 Å². The minimum Gasteiger partial charge on any atom is -0.439 e. The van der Waals surface area contributed by atoms with Gasteiger partial charge in [-0.15, -0.1) is 0 Å². The van der Waals surface area contributed by atoms with Crippen molar-refractivity contribution in [2.24, 2.45) is 0 Å². The fourth-order valence-corrected chi connectivity index (χ4v) is 1.76. The summed E-state index contributed by atoms with van der Waals surface area (Å²) >= 11 is 5.82. The SMILES string of the molecule is Cc1cc(Cl)cc(Oc2cccc(C(F)(F)F)c2)n1. The number of hydrogen-bond acceptors (Lipinski definition) is 2. The van der Waals surface area contributed by atoms with Gasteiger partial charge in [-0.3, -0.25) is 0 Å². The summed E-state index contributed by atoms with van der Waals surface area (Å²) in [5.74, 6) is 0.216. The number of aryl methyl sites for hydroxylation is 1. The predicted octanol–water partition coefficient (Wildman–Crippen LogP) is 4.85. The van der Waals surface area contributed by atoms with Crippen molar-refractivity contribution in [1.82, 2.24) is 4.98 Å². The van der Waals surface area contributed by atoms with Crippen molar-refractivity contribution < 1.29 is 17.9 Å². The lowest BCUT2D eigenvalue weighted by atomic mass is 10.2. The van der Waals surface area contributed by atoms with Crippen LogP contribution in [-0.2, 0) is 6.18 Å². The van der Waals surface area contributed by atoms with Gasteiger partial charge in [0.1, 0.15) is 5.75 Å². The van der Waals surface area contributed by atoms with Crippen molar-refractivity contribution in [1.29, 1.82) is 0 Å². The highest BCUT2D eigenvalue weighted by molar-refractivity contribution is 6.30. The van der Waals surface area contributed by atoms with Crippen LogP contribution in [0, 0.1) is 6.92 Å². The molecule has 0 bridgehead atoms. The number of ether oxygens (including phenoxy) is 1. The third-order valence-electron chi connectivity index (χ3n) is 2.28. The molecule has 0 aliphatic rings. The summed E-state index contributed by atoms with van der Waals surface area (Å²) in [7, 11) is 0. The Balaban J connectivity index is 2.28. The van der Waals surface area contributed by atoms with Crippen LogP contribution in [0.2, 0.25) is 5.02 Å². The molecule has 6 heteroatoms. The second-order valence-electron chi connectivity index (χ2n) is 3.89. The molecule has 0 atom stereocenters. The summed E-state index contributed by atoms with van der Waals surface area (Å²) in [6.45, 7) is 1.71. The van der Waals surface area contributed by atoms with Crippen LogP contribution in [0.3, 0.4) is 0 Å². The van der Waals surface area contributed by atoms with Gasteiger partial charge in [-0.1, -0.05) is 17.7 Å². The predicted molar refractivity (Wildman–Crippen MR) is 65.5 cm³/mol. The molecule has 2 aromatic rings. The first-order valence-electron chi connectivity index (χ1n) is 5.34. The van der Waals surface area contributed by atoms with E-state index in [0.717, 1.165) is 12.1 Å². The zero-order chi connectivity index (χ0) is 14.0. The van der Waals surface area contributed by atoms with Gasteiger partial charge in [0, 0.05) is 16.8 Å². The van der Waals surface area contributed by atoms with E-state index in [2.05, 4.69) is 4.98 Å². The molecule has 2 rings (SSSR count). The highest BCUT2D eigenvalue weighted by atomic mass is 35.5. The molecule has 1 aromatic carbocycles. The number of rotatable bonds is 2. The standard InChI is InChI=1S/C13H9ClF3NO/c1-8-5-10(14)7-12(18-8)19-11-4-2-3-9(6-11)13(15,16)17/h2-7H,1H3. The maximum absolute atomic E-state index is 12.5. The van der Waals surface area contributed by atoms with Gasteiger partial charge in [-0.2, -0.15) is 13.2 Å². The maximum Gasteiger partial charge on any atom is 0.416 e. The highest BCUT2D eigenvalue weighted by Gasteiger charge is 2.30. The maximum atomic E-state index is 12.5. The molecule has 0 spiro atoms. The molecule has 100 valence electrons. The van der Waals surface area contributed by atoms with E-state index in [9.17, 15) is 13.2 Å². The first-order chi connectivity index (χ1) is 8.84. The molecular weight excluding hydrogens is 279 g/mol. The first kappa shape index (κ1) is 13.7. The number of pyridine rings is 1. The lowest BCUT2D eigenvalue weighted by Crippen LogP contribution is -2.04. The topological polar surface area (TPSA) is 22.1 Å². The van der Waals surface area contributed by atoms with Crippen LogP contribution in [0.5, 0.6) is 11.6 Å². The molecule has 1 heterocycles. The molecule has 19 heavy (non-hydrogen) atoms. The molecule has 0 saturated heterocycles. The van der Waals surface area contributed by atoms with Crippen LogP contribution in [0.1, 0.15) is 11.3 Å². The Morgan fingerprint density at radius 3 is 2.53 bits per heavy atom. The smallest absolute Gasteiger partial charge is 0.416 e. The van der Waals surface area contributed by atoms with E-state index in [1.807, 2.05) is 0 Å². The quantitative estimate of drug-likeness (QED) is 0.787. The first-order valence-corrected chi connectivity index (χ1v) is 5.72. The lowest BCUT2D eigenvalue weighted by molar-refractivity contribution is -0.137. The largest absolute Gasteiger partial charge is 0.439 e. The van der Waals surface area contributed by atoms with Crippen molar-refractivity contribution in [3.63, 3.8) is 0 Å². The number of alkyl halides is 3. The Bertz CT molecular complexity index is 578. The minimum atomic E-state index is -4.41. The molecule has 2 nitrogen and oxygen atoms in total. The number of nitrogens with zero attached hydrogens (tertiary/aromatic N) is 1. The molecule has 0 aliphatic heterocycles. The van der Waals surface area contributed by atoms with E-state index >= 15 is 0 Å². The van der Waals surface area contributed by atoms with E-state index < -0.39 is 11.7 Å². The monoisotopic (exact) mass is 287 g/mol. The summed E-state index contributed by atoms with van der Waals surface area (Å²) in [6.07, 6.45) is -4.41. The van der Waals surface area contributed by atoms with Gasteiger partial charge in [0.05, 0.1) is 5.56 Å². The van der Waals surface area contributed by atoms with Crippen molar-refractivity contribution >= 4 is 11.6 Å². The third kappa shape index (κ3) is 3.61. The summed E-state index contributed by atoms with van der Waals surface area (Å²) in [5, 5.41) is 0.412. The van der Waals surface area contributed by atoms with Crippen LogP contribution >= 0.6 is 11.6 Å². The van der Waals surface area contributed by atoms with E-state index in [-0.39, 0.29) is 11.6 Å². The molecule has 1 aromatic heterocycles. The Morgan fingerprint density at radius 1 is 1.16 bits per heavy atom. The second kappa shape index (κ2) is 5.09. The van der Waals surface area contributed by atoms with Gasteiger partial charge in [-0.05, 0) is 31.2 Å². The van der Waals surface area contributed by atoms with Crippen LogP contribution in [0.15, 0.2) is 36.4 Å². The Labute approximate surface area is 112 Å². The highest BCUT2D eigenvalue weighted by Crippen LogP contribution is 2.32. The van der Waals surface area contributed by atoms with E-state index in [1.54, 1.807) is 13.0 Å². The molecule has 0 aliphatic carbocycles. The van der Waals surface area contributed by atoms with Crippen LogP contribution in [0.25, 0.3) is 0 Å². The summed E-state index contributed by atoms with van der Waals surface area (Å²) in [6, 6.07) is 7.65. The van der Waals surface area contributed by atoms with Gasteiger partial charge in [0.15, 0.2) is 0 Å². The van der Waals surface area contributed by atoms with Crippen molar-refractivity contribution in [2.75, 3.05) is 0 Å². The fourth-order valence-electron chi connectivity index (χ4n) is 1.51. The number of halogens is 4. The van der Waals surface area contributed by atoms with Crippen molar-refractivity contribution in [3.05, 3.63) is 52.7 Å². The summed E-state index contributed by atoms with van der Waals surface area (Å²) in [4.78, 5) is 4.03. The van der Waals surface area contributed by atoms with E-state index in [1.165, 1.54) is 18.2 Å². The minimum absolute atomic E-state index is 0.0593. The lowest BCUT2D eigenvalue weighted by Gasteiger charge is -2.10. The van der Waals surface area contributed by atoms with Gasteiger partial charge < -0.3 is 4.74 Å². The van der Waals surface area contributed by atoms with Gasteiger partial charge in [0.25, 0.3) is 0 Å². The normalized spacial score (nSPS) is 11.4. The zero-order valence-electron chi connectivity index (χ0n) is 9.83. The Hall–Kier alpha value is -1.75. The molecule has 0 unspecified atom stereocenters. The average molecular weight is 288 g/mol. The third-order valence-corrected chi connectivity index (χ3v) is 2.50. The van der Waals surface area contributed by atoms with Gasteiger partial charge in [-0.25, -0.2) is 4.98 Å². The summed E-state index contributed by atoms with van der Waals surface area (Å²) < 4.78 is 42.9. The number of hydrogen-bond donors (Lipinski definition) is 0. The molecule has 0 N–H and O–H groups in total. The van der Waals surface area contributed by atoms with Crippen LogP contribution in [0.4, 0.5) is 13.2 Å². The van der Waals surface area contributed by atoms with E-state index in [4.69, 9.17) is 16.3 Å². The average Bonchev–Trinajstić information content (AvgIpc) is 2.26. The molecule has 0 radical (unpaired) electrons. The van der Waals surface area contributed by atoms with Crippen molar-refractivity contribution in [2.45, 2.75) is 13.1 Å². The molecule has 0 amide bonds. The number of aromatic nitrogens is 1. The zero-order valence-corrected chi connectivity index (χ0v) is 10.6. The molecule has 0 fully saturated rings. The Kier molecular flexibility index (Phi) is 3.66. The summed E-state index contributed by atoms with van der Waals surface area (Å²) in [5.41, 5.74) is -0.154. The second-order valence-corrected chi connectivity index (χ2v) is 4.33. The van der Waals surface area contributed by atoms with Crippen LogP contribution in [-0.4, -0.2) is 4.98 Å². The van der Waals surface area contributed by atoms with Crippen molar-refractivity contribution in [3.8, 4) is 11.6 Å². The molecule has 0 saturated carbocycles.